The van der Waals surface area contributed by atoms with Crippen LogP contribution in [-0.4, -0.2) is 19.0 Å². The molecule has 0 aliphatic rings. The molecule has 2 aromatic rings. The van der Waals surface area contributed by atoms with E-state index in [2.05, 4.69) is 5.32 Å². The first-order valence-corrected chi connectivity index (χ1v) is 6.90. The minimum atomic E-state index is -0.626. The van der Waals surface area contributed by atoms with E-state index in [0.717, 1.165) is 5.56 Å². The summed E-state index contributed by atoms with van der Waals surface area (Å²) in [7, 11) is 1.26. The number of halogens is 1. The predicted molar refractivity (Wildman–Crippen MR) is 85.4 cm³/mol. The summed E-state index contributed by atoms with van der Waals surface area (Å²) in [5.74, 6) is -1.01. The fraction of sp³-hybridized carbons (Fsp3) is 0.0588. The molecule has 0 bridgehead atoms. The van der Waals surface area contributed by atoms with Crippen LogP contribution in [0.2, 0.25) is 5.02 Å². The van der Waals surface area contributed by atoms with Crippen molar-refractivity contribution in [3.05, 3.63) is 76.4 Å². The van der Waals surface area contributed by atoms with Gasteiger partial charge < -0.3 is 10.1 Å². The number of rotatable bonds is 4. The van der Waals surface area contributed by atoms with Crippen LogP contribution in [0.5, 0.6) is 0 Å². The molecule has 112 valence electrons. The van der Waals surface area contributed by atoms with Crippen LogP contribution in [0.1, 0.15) is 15.9 Å². The third-order valence-corrected chi connectivity index (χ3v) is 3.12. The molecule has 1 amide bonds. The first-order valence-electron chi connectivity index (χ1n) is 6.52. The third kappa shape index (κ3) is 4.20. The Morgan fingerprint density at radius 3 is 2.27 bits per heavy atom. The maximum atomic E-state index is 12.1. The molecule has 5 heteroatoms. The zero-order valence-electron chi connectivity index (χ0n) is 11.9. The smallest absolute Gasteiger partial charge is 0.354 e. The van der Waals surface area contributed by atoms with Crippen LogP contribution < -0.4 is 5.32 Å². The molecule has 0 fully saturated rings. The second kappa shape index (κ2) is 7.43. The van der Waals surface area contributed by atoms with Gasteiger partial charge in [-0.15, -0.1) is 0 Å². The first-order chi connectivity index (χ1) is 10.6. The Morgan fingerprint density at radius 1 is 1.05 bits per heavy atom. The Bertz CT molecular complexity index is 694. The largest absolute Gasteiger partial charge is 0.464 e. The van der Waals surface area contributed by atoms with Gasteiger partial charge in [0.15, 0.2) is 0 Å². The number of methoxy groups -OCH3 is 1. The monoisotopic (exact) mass is 315 g/mol. The van der Waals surface area contributed by atoms with E-state index >= 15 is 0 Å². The lowest BCUT2D eigenvalue weighted by Crippen LogP contribution is -2.28. The summed E-state index contributed by atoms with van der Waals surface area (Å²) in [4.78, 5) is 24.0. The van der Waals surface area contributed by atoms with E-state index in [-0.39, 0.29) is 11.6 Å². The van der Waals surface area contributed by atoms with Crippen molar-refractivity contribution in [2.75, 3.05) is 7.11 Å². The zero-order valence-corrected chi connectivity index (χ0v) is 12.6. The molecule has 0 spiro atoms. The van der Waals surface area contributed by atoms with Gasteiger partial charge in [-0.2, -0.15) is 0 Å². The Morgan fingerprint density at radius 2 is 1.68 bits per heavy atom. The Labute approximate surface area is 133 Å². The first kappa shape index (κ1) is 15.8. The van der Waals surface area contributed by atoms with Crippen molar-refractivity contribution < 1.29 is 14.3 Å². The highest BCUT2D eigenvalue weighted by Gasteiger charge is 2.14. The molecule has 0 aliphatic carbocycles. The van der Waals surface area contributed by atoms with Gasteiger partial charge in [0.25, 0.3) is 5.91 Å². The van der Waals surface area contributed by atoms with Gasteiger partial charge in [0.2, 0.25) is 0 Å². The van der Waals surface area contributed by atoms with E-state index in [0.29, 0.717) is 10.6 Å². The van der Waals surface area contributed by atoms with E-state index in [4.69, 9.17) is 16.3 Å². The number of carbonyl (C=O) groups is 2. The van der Waals surface area contributed by atoms with E-state index in [1.807, 2.05) is 6.07 Å². The molecule has 0 aromatic heterocycles. The maximum absolute atomic E-state index is 12.1. The molecule has 4 nitrogen and oxygen atoms in total. The summed E-state index contributed by atoms with van der Waals surface area (Å²) in [5, 5.41) is 3.15. The van der Waals surface area contributed by atoms with E-state index in [1.54, 1.807) is 48.5 Å². The molecular weight excluding hydrogens is 302 g/mol. The average molecular weight is 316 g/mol. The Kier molecular flexibility index (Phi) is 5.33. The van der Waals surface area contributed by atoms with Gasteiger partial charge in [-0.1, -0.05) is 41.9 Å². The summed E-state index contributed by atoms with van der Waals surface area (Å²) in [6, 6.07) is 15.5. The van der Waals surface area contributed by atoms with Crippen LogP contribution in [0.25, 0.3) is 6.08 Å². The number of nitrogens with one attached hydrogen (secondary N) is 1. The maximum Gasteiger partial charge on any atom is 0.354 e. The van der Waals surface area contributed by atoms with Gasteiger partial charge in [0, 0.05) is 10.6 Å². The van der Waals surface area contributed by atoms with Crippen molar-refractivity contribution in [3.8, 4) is 0 Å². The van der Waals surface area contributed by atoms with Crippen molar-refractivity contribution in [1.29, 1.82) is 0 Å². The summed E-state index contributed by atoms with van der Waals surface area (Å²) < 4.78 is 4.70. The molecule has 0 atom stereocenters. The molecule has 0 unspecified atom stereocenters. The van der Waals surface area contributed by atoms with Gasteiger partial charge in [-0.25, -0.2) is 4.79 Å². The number of hydrogen-bond donors (Lipinski definition) is 1. The van der Waals surface area contributed by atoms with E-state index in [1.165, 1.54) is 13.2 Å². The second-order valence-corrected chi connectivity index (χ2v) is 4.86. The molecule has 22 heavy (non-hydrogen) atoms. The molecule has 2 aromatic carbocycles. The normalized spacial score (nSPS) is 10.9. The van der Waals surface area contributed by atoms with Gasteiger partial charge in [-0.3, -0.25) is 4.79 Å². The van der Waals surface area contributed by atoms with Crippen molar-refractivity contribution >= 4 is 29.6 Å². The lowest BCUT2D eigenvalue weighted by Gasteiger charge is -2.08. The highest BCUT2D eigenvalue weighted by Crippen LogP contribution is 2.13. The SMILES string of the molecule is COC(=O)/C(=C/c1ccc(Cl)cc1)NC(=O)c1ccccc1. The second-order valence-electron chi connectivity index (χ2n) is 4.42. The summed E-state index contributed by atoms with van der Waals surface area (Å²) in [6.07, 6.45) is 1.53. The van der Waals surface area contributed by atoms with Crippen molar-refractivity contribution in [2.45, 2.75) is 0 Å². The van der Waals surface area contributed by atoms with Crippen LogP contribution in [0.4, 0.5) is 0 Å². The number of hydrogen-bond acceptors (Lipinski definition) is 3. The van der Waals surface area contributed by atoms with Gasteiger partial charge >= 0.3 is 5.97 Å². The molecule has 0 saturated heterocycles. The lowest BCUT2D eigenvalue weighted by atomic mass is 10.1. The number of esters is 1. The fourth-order valence-electron chi connectivity index (χ4n) is 1.77. The van der Waals surface area contributed by atoms with Crippen LogP contribution in [-0.2, 0) is 9.53 Å². The topological polar surface area (TPSA) is 55.4 Å². The number of benzene rings is 2. The average Bonchev–Trinajstić information content (AvgIpc) is 2.56. The molecule has 2 rings (SSSR count). The number of amides is 1. The quantitative estimate of drug-likeness (QED) is 0.696. The van der Waals surface area contributed by atoms with Crippen LogP contribution in [0.15, 0.2) is 60.3 Å². The number of carbonyl (C=O) groups excluding carboxylic acids is 2. The molecule has 1 N–H and O–H groups in total. The molecular formula is C17H14ClNO3. The fourth-order valence-corrected chi connectivity index (χ4v) is 1.89. The molecule has 0 radical (unpaired) electrons. The van der Waals surface area contributed by atoms with Crippen molar-refractivity contribution in [2.24, 2.45) is 0 Å². The minimum Gasteiger partial charge on any atom is -0.464 e. The Hall–Kier alpha value is -2.59. The summed E-state index contributed by atoms with van der Waals surface area (Å²) in [5.41, 5.74) is 1.23. The summed E-state index contributed by atoms with van der Waals surface area (Å²) in [6.45, 7) is 0. The van der Waals surface area contributed by atoms with Gasteiger partial charge in [0.05, 0.1) is 7.11 Å². The molecule has 0 saturated carbocycles. The molecule has 0 aliphatic heterocycles. The third-order valence-electron chi connectivity index (χ3n) is 2.87. The Balaban J connectivity index is 2.25. The highest BCUT2D eigenvalue weighted by atomic mass is 35.5. The van der Waals surface area contributed by atoms with E-state index in [9.17, 15) is 9.59 Å². The predicted octanol–water partition coefficient (Wildman–Crippen LogP) is 3.28. The number of ether oxygens (including phenoxy) is 1. The van der Waals surface area contributed by atoms with Crippen molar-refractivity contribution in [3.63, 3.8) is 0 Å². The van der Waals surface area contributed by atoms with Gasteiger partial charge in [0.1, 0.15) is 5.70 Å². The van der Waals surface area contributed by atoms with Gasteiger partial charge in [-0.05, 0) is 35.9 Å². The van der Waals surface area contributed by atoms with Crippen LogP contribution in [0, 0.1) is 0 Å². The lowest BCUT2D eigenvalue weighted by molar-refractivity contribution is -0.136. The van der Waals surface area contributed by atoms with Crippen LogP contribution >= 0.6 is 11.6 Å². The minimum absolute atomic E-state index is 0.0543. The molecule has 0 heterocycles. The summed E-state index contributed by atoms with van der Waals surface area (Å²) >= 11 is 5.82. The zero-order chi connectivity index (χ0) is 15.9. The highest BCUT2D eigenvalue weighted by molar-refractivity contribution is 6.30. The standard InChI is InChI=1S/C17H14ClNO3/c1-22-17(21)15(11-12-7-9-14(18)10-8-12)19-16(20)13-5-3-2-4-6-13/h2-11H,1H3,(H,19,20)/b15-11-. The van der Waals surface area contributed by atoms with Crippen LogP contribution in [0.3, 0.4) is 0 Å². The van der Waals surface area contributed by atoms with Crippen molar-refractivity contribution in [1.82, 2.24) is 5.32 Å². The van der Waals surface area contributed by atoms with E-state index < -0.39 is 5.97 Å².